The van der Waals surface area contributed by atoms with Crippen molar-refractivity contribution in [2.45, 2.75) is 32.4 Å². The lowest BCUT2D eigenvalue weighted by molar-refractivity contribution is -0.128. The van der Waals surface area contributed by atoms with Crippen molar-refractivity contribution in [1.82, 2.24) is 19.8 Å². The number of anilines is 2. The quantitative estimate of drug-likeness (QED) is 0.629. The Kier molecular flexibility index (Phi) is 5.03. The number of hydrogen-bond acceptors (Lipinski definition) is 4. The molecule has 1 fully saturated rings. The highest BCUT2D eigenvalue weighted by Gasteiger charge is 2.26. The van der Waals surface area contributed by atoms with Gasteiger partial charge < -0.3 is 15.5 Å². The number of benzene rings is 2. The van der Waals surface area contributed by atoms with Crippen LogP contribution < -0.4 is 10.6 Å². The highest BCUT2D eigenvalue weighted by atomic mass is 19.1. The van der Waals surface area contributed by atoms with Crippen molar-refractivity contribution in [1.29, 1.82) is 0 Å². The number of halogens is 1. The molecule has 0 saturated heterocycles. The number of carbonyl (C=O) groups is 1. The lowest BCUT2D eigenvalue weighted by atomic mass is 10.1. The number of nitrogens with zero attached hydrogens (tertiary/aromatic N) is 3. The van der Waals surface area contributed by atoms with Crippen molar-refractivity contribution in [3.8, 4) is 11.3 Å². The number of carbonyl (C=O) groups excluding carboxylic acids is 1. The van der Waals surface area contributed by atoms with Gasteiger partial charge in [-0.25, -0.2) is 9.37 Å². The van der Waals surface area contributed by atoms with Crippen LogP contribution in [0.2, 0.25) is 0 Å². The predicted molar refractivity (Wildman–Crippen MR) is 119 cm³/mol. The molecule has 31 heavy (non-hydrogen) atoms. The Balaban J connectivity index is 1.47. The Morgan fingerprint density at radius 1 is 1.10 bits per heavy atom. The van der Waals surface area contributed by atoms with Gasteiger partial charge in [0.15, 0.2) is 0 Å². The molecule has 6 nitrogen and oxygen atoms in total. The van der Waals surface area contributed by atoms with Crippen molar-refractivity contribution >= 4 is 23.6 Å². The third-order valence-electron chi connectivity index (χ3n) is 5.56. The van der Waals surface area contributed by atoms with E-state index >= 15 is 0 Å². The summed E-state index contributed by atoms with van der Waals surface area (Å²) in [7, 11) is 0. The van der Waals surface area contributed by atoms with Crippen molar-refractivity contribution in [3.63, 3.8) is 0 Å². The van der Waals surface area contributed by atoms with Gasteiger partial charge >= 0.3 is 0 Å². The molecule has 2 N–H and O–H groups in total. The van der Waals surface area contributed by atoms with Gasteiger partial charge in [0.05, 0.1) is 13.1 Å². The minimum Gasteiger partial charge on any atom is -0.339 e. The van der Waals surface area contributed by atoms with Gasteiger partial charge in [-0.15, -0.1) is 0 Å². The van der Waals surface area contributed by atoms with Gasteiger partial charge in [-0.1, -0.05) is 17.7 Å². The standard InChI is InChI=1S/C24H24FN5O/c1-16-2-8-20(9-3-16)27-24-23(17-4-6-18(25)7-5-17)28-21-15-29(12-13-30(21)24)22(31)14-26-19-10-11-19/h2-9,12-13,19,26-27H,10-11,14-15H2,1H3. The van der Waals surface area contributed by atoms with Gasteiger partial charge in [0.25, 0.3) is 0 Å². The van der Waals surface area contributed by atoms with Crippen LogP contribution in [0.5, 0.6) is 0 Å². The van der Waals surface area contributed by atoms with Gasteiger partial charge in [-0.3, -0.25) is 9.36 Å². The lowest BCUT2D eigenvalue weighted by Gasteiger charge is -2.23. The SMILES string of the molecule is Cc1ccc(Nc2c(-c3ccc(F)cc3)nc3n2C=CN(C(=O)CNC2CC2)C3)cc1. The molecule has 5 rings (SSSR count). The largest absolute Gasteiger partial charge is 0.339 e. The van der Waals surface area contributed by atoms with Crippen LogP contribution in [0, 0.1) is 12.7 Å². The summed E-state index contributed by atoms with van der Waals surface area (Å²) in [5.41, 5.74) is 3.62. The van der Waals surface area contributed by atoms with Gasteiger partial charge in [-0.05, 0) is 56.2 Å². The maximum Gasteiger partial charge on any atom is 0.240 e. The average Bonchev–Trinajstić information content (AvgIpc) is 3.55. The summed E-state index contributed by atoms with van der Waals surface area (Å²) in [6, 6.07) is 14.9. The zero-order valence-corrected chi connectivity index (χ0v) is 17.3. The van der Waals surface area contributed by atoms with Gasteiger partial charge in [0.2, 0.25) is 5.91 Å². The Hall–Kier alpha value is -3.45. The van der Waals surface area contributed by atoms with Crippen LogP contribution >= 0.6 is 0 Å². The van der Waals surface area contributed by atoms with E-state index in [0.717, 1.165) is 35.7 Å². The summed E-state index contributed by atoms with van der Waals surface area (Å²) in [6.45, 7) is 2.75. The van der Waals surface area contributed by atoms with E-state index < -0.39 is 0 Å². The first-order valence-corrected chi connectivity index (χ1v) is 10.5. The average molecular weight is 417 g/mol. The number of hydrogen-bond donors (Lipinski definition) is 2. The van der Waals surface area contributed by atoms with E-state index in [2.05, 4.69) is 10.6 Å². The van der Waals surface area contributed by atoms with Crippen molar-refractivity contribution in [2.24, 2.45) is 0 Å². The smallest absolute Gasteiger partial charge is 0.240 e. The molecule has 158 valence electrons. The zero-order valence-electron chi connectivity index (χ0n) is 17.3. The molecule has 7 heteroatoms. The van der Waals surface area contributed by atoms with Gasteiger partial charge in [0.1, 0.15) is 23.2 Å². The highest BCUT2D eigenvalue weighted by molar-refractivity contribution is 5.82. The third-order valence-corrected chi connectivity index (χ3v) is 5.56. The summed E-state index contributed by atoms with van der Waals surface area (Å²) in [4.78, 5) is 19.1. The molecule has 1 aliphatic carbocycles. The summed E-state index contributed by atoms with van der Waals surface area (Å²) >= 11 is 0. The molecule has 1 aromatic heterocycles. The van der Waals surface area contributed by atoms with Crippen molar-refractivity contribution in [2.75, 3.05) is 11.9 Å². The summed E-state index contributed by atoms with van der Waals surface area (Å²) in [6.07, 6.45) is 5.93. The summed E-state index contributed by atoms with van der Waals surface area (Å²) < 4.78 is 15.4. The second kappa shape index (κ2) is 8.00. The molecule has 1 aliphatic heterocycles. The van der Waals surface area contributed by atoms with E-state index in [1.54, 1.807) is 23.2 Å². The van der Waals surface area contributed by atoms with Crippen LogP contribution in [0.25, 0.3) is 17.5 Å². The van der Waals surface area contributed by atoms with Gasteiger partial charge in [0, 0.05) is 29.7 Å². The normalized spacial score (nSPS) is 15.1. The molecular formula is C24H24FN5O. The number of imidazole rings is 1. The van der Waals surface area contributed by atoms with Crippen molar-refractivity contribution < 1.29 is 9.18 Å². The Bertz CT molecular complexity index is 1130. The first kappa shape index (κ1) is 19.5. The van der Waals surface area contributed by atoms with E-state index in [9.17, 15) is 9.18 Å². The lowest BCUT2D eigenvalue weighted by Crippen LogP contribution is -2.37. The van der Waals surface area contributed by atoms with E-state index in [1.807, 2.05) is 42.0 Å². The number of amides is 1. The van der Waals surface area contributed by atoms with Crippen molar-refractivity contribution in [3.05, 3.63) is 71.9 Å². The molecule has 2 heterocycles. The van der Waals surface area contributed by atoms with Crippen LogP contribution in [0.1, 0.15) is 24.2 Å². The van der Waals surface area contributed by atoms with Crippen LogP contribution in [-0.2, 0) is 11.3 Å². The fraction of sp³-hybridized carbons (Fsp3) is 0.250. The Labute approximate surface area is 180 Å². The first-order valence-electron chi connectivity index (χ1n) is 10.5. The number of rotatable bonds is 6. The third kappa shape index (κ3) is 4.22. The summed E-state index contributed by atoms with van der Waals surface area (Å²) in [5, 5.41) is 6.72. The minimum absolute atomic E-state index is 0.0220. The van der Waals surface area contributed by atoms with Gasteiger partial charge in [-0.2, -0.15) is 0 Å². The van der Waals surface area contributed by atoms with Crippen LogP contribution in [-0.4, -0.2) is 32.9 Å². The van der Waals surface area contributed by atoms with E-state index in [4.69, 9.17) is 4.98 Å². The maximum absolute atomic E-state index is 13.5. The molecule has 0 atom stereocenters. The number of aromatic nitrogens is 2. The second-order valence-electron chi connectivity index (χ2n) is 8.07. The predicted octanol–water partition coefficient (Wildman–Crippen LogP) is 4.26. The summed E-state index contributed by atoms with van der Waals surface area (Å²) in [5.74, 6) is 1.26. The molecule has 0 radical (unpaired) electrons. The second-order valence-corrected chi connectivity index (χ2v) is 8.07. The molecular weight excluding hydrogens is 393 g/mol. The number of nitrogens with one attached hydrogen (secondary N) is 2. The molecule has 1 saturated carbocycles. The highest BCUT2D eigenvalue weighted by Crippen LogP contribution is 2.33. The van der Waals surface area contributed by atoms with Crippen LogP contribution in [0.3, 0.4) is 0 Å². The first-order chi connectivity index (χ1) is 15.1. The number of aryl methyl sites for hydroxylation is 1. The molecule has 0 unspecified atom stereocenters. The van der Waals surface area contributed by atoms with E-state index in [0.29, 0.717) is 24.8 Å². The molecule has 1 amide bonds. The van der Waals surface area contributed by atoms with Crippen LogP contribution in [0.4, 0.5) is 15.9 Å². The topological polar surface area (TPSA) is 62.2 Å². The zero-order chi connectivity index (χ0) is 21.4. The Morgan fingerprint density at radius 3 is 2.55 bits per heavy atom. The minimum atomic E-state index is -0.291. The monoisotopic (exact) mass is 417 g/mol. The van der Waals surface area contributed by atoms with E-state index in [-0.39, 0.29) is 11.7 Å². The molecule has 2 aromatic carbocycles. The fourth-order valence-electron chi connectivity index (χ4n) is 3.60. The molecule has 0 bridgehead atoms. The maximum atomic E-state index is 13.5. The Morgan fingerprint density at radius 2 is 1.84 bits per heavy atom. The number of fused-ring (bicyclic) bond motifs is 1. The van der Waals surface area contributed by atoms with E-state index in [1.165, 1.54) is 17.7 Å². The molecule has 2 aliphatic rings. The molecule has 3 aromatic rings. The molecule has 0 spiro atoms. The fourth-order valence-corrected chi connectivity index (χ4v) is 3.60. The van der Waals surface area contributed by atoms with Crippen LogP contribution in [0.15, 0.2) is 54.7 Å².